The largest absolute Gasteiger partial charge is 0.442 e. The number of thiocarbonyl (C=S) groups is 1. The Kier molecular flexibility index (Phi) is 6.60. The van der Waals surface area contributed by atoms with Gasteiger partial charge >= 0.3 is 6.09 Å². The Labute approximate surface area is 182 Å². The average molecular weight is 445 g/mol. The minimum absolute atomic E-state index is 0.0689. The number of nitrogens with zero attached hydrogens (tertiary/aromatic N) is 3. The van der Waals surface area contributed by atoms with E-state index in [2.05, 4.69) is 20.6 Å². The molecule has 12 heteroatoms. The molecule has 1 aliphatic heterocycles. The topological polar surface area (TPSA) is 148 Å². The van der Waals surface area contributed by atoms with Gasteiger partial charge in [-0.25, -0.2) is 9.18 Å². The van der Waals surface area contributed by atoms with E-state index in [-0.39, 0.29) is 35.6 Å². The van der Waals surface area contributed by atoms with Gasteiger partial charge in [-0.15, -0.1) is 0 Å². The summed E-state index contributed by atoms with van der Waals surface area (Å²) in [6, 6.07) is 7.61. The highest BCUT2D eigenvalue weighted by Gasteiger charge is 2.32. The van der Waals surface area contributed by atoms with Gasteiger partial charge in [0.15, 0.2) is 5.96 Å². The molecule has 1 aromatic heterocycles. The number of aromatic nitrogens is 1. The zero-order valence-corrected chi connectivity index (χ0v) is 17.3. The molecule has 1 saturated heterocycles. The lowest BCUT2D eigenvalue weighted by molar-refractivity contribution is -0.119. The van der Waals surface area contributed by atoms with Crippen LogP contribution in [0.15, 0.2) is 41.5 Å². The number of nitrogens with one attached hydrogen (secondary N) is 2. The van der Waals surface area contributed by atoms with Crippen LogP contribution in [0.1, 0.15) is 6.92 Å². The van der Waals surface area contributed by atoms with Crippen LogP contribution in [0, 0.1) is 5.82 Å². The monoisotopic (exact) mass is 445 g/mol. The Morgan fingerprint density at radius 2 is 2.16 bits per heavy atom. The number of carbonyl (C=O) groups excluding carboxylic acids is 2. The number of cyclic esters (lactones) is 1. The zero-order chi connectivity index (χ0) is 22.5. The van der Waals surface area contributed by atoms with Crippen molar-refractivity contribution in [2.75, 3.05) is 23.3 Å². The van der Waals surface area contributed by atoms with Gasteiger partial charge in [0.05, 0.1) is 36.4 Å². The summed E-state index contributed by atoms with van der Waals surface area (Å²) in [5.74, 6) is -0.955. The summed E-state index contributed by atoms with van der Waals surface area (Å²) >= 11 is 4.96. The number of rotatable bonds is 5. The van der Waals surface area contributed by atoms with E-state index >= 15 is 0 Å². The molecule has 1 fully saturated rings. The summed E-state index contributed by atoms with van der Waals surface area (Å²) in [6.45, 7) is 1.76. The van der Waals surface area contributed by atoms with Gasteiger partial charge in [-0.2, -0.15) is 4.99 Å². The number of benzene rings is 1. The van der Waals surface area contributed by atoms with Gasteiger partial charge < -0.3 is 26.8 Å². The summed E-state index contributed by atoms with van der Waals surface area (Å²) in [4.78, 5) is 32.3. The smallest absolute Gasteiger partial charge is 0.414 e. The fourth-order valence-electron chi connectivity index (χ4n) is 2.87. The van der Waals surface area contributed by atoms with Crippen molar-refractivity contribution in [1.82, 2.24) is 10.3 Å². The number of anilines is 2. The molecule has 0 aliphatic carbocycles. The van der Waals surface area contributed by atoms with E-state index in [1.807, 2.05) is 0 Å². The Hall–Kier alpha value is -3.80. The van der Waals surface area contributed by atoms with Crippen LogP contribution in [0.5, 0.6) is 0 Å². The van der Waals surface area contributed by atoms with E-state index in [0.717, 1.165) is 0 Å². The van der Waals surface area contributed by atoms with E-state index < -0.39 is 18.0 Å². The Balaban J connectivity index is 1.71. The number of aliphatic imine (C=N–C) groups is 1. The number of hydrogen-bond donors (Lipinski definition) is 4. The van der Waals surface area contributed by atoms with Crippen molar-refractivity contribution in [1.29, 1.82) is 0 Å². The fourth-order valence-corrected chi connectivity index (χ4v) is 3.09. The normalized spacial score (nSPS) is 15.2. The molecule has 2 aromatic rings. The number of nitrogens with two attached hydrogens (primary N) is 2. The number of carbonyl (C=O) groups is 2. The first-order valence-electron chi connectivity index (χ1n) is 9.12. The standard InChI is InChI=1S/C19H20FN7O3S/c1-10(28)23-8-13-9-27(19(29)30-13)12-3-4-14(15(20)6-12)16-5-2-11(7-24-16)25-18(31)26-17(21)22/h2-7,13H,8-9H2,1H3,(H,23,28)(H5,21,22,25,26,31). The molecule has 0 radical (unpaired) electrons. The second-order valence-corrected chi connectivity index (χ2v) is 7.00. The Morgan fingerprint density at radius 1 is 1.39 bits per heavy atom. The first-order valence-corrected chi connectivity index (χ1v) is 9.53. The molecule has 3 rings (SSSR count). The van der Waals surface area contributed by atoms with E-state index in [1.165, 1.54) is 30.2 Å². The van der Waals surface area contributed by atoms with Crippen LogP contribution in [-0.2, 0) is 9.53 Å². The number of halogens is 1. The molecule has 10 nitrogen and oxygen atoms in total. The number of amides is 2. The quantitative estimate of drug-likeness (QED) is 0.306. The van der Waals surface area contributed by atoms with E-state index in [1.54, 1.807) is 18.2 Å². The molecule has 0 bridgehead atoms. The Bertz CT molecular complexity index is 1040. The average Bonchev–Trinajstić information content (AvgIpc) is 3.07. The molecule has 1 aliphatic rings. The van der Waals surface area contributed by atoms with Crippen LogP contribution in [-0.4, -0.2) is 47.2 Å². The van der Waals surface area contributed by atoms with Crippen LogP contribution in [0.2, 0.25) is 0 Å². The van der Waals surface area contributed by atoms with Crippen LogP contribution in [0.4, 0.5) is 20.6 Å². The molecule has 0 spiro atoms. The molecule has 6 N–H and O–H groups in total. The molecular weight excluding hydrogens is 425 g/mol. The maximum atomic E-state index is 14.8. The molecule has 162 valence electrons. The third-order valence-corrected chi connectivity index (χ3v) is 4.43. The number of guanidine groups is 1. The maximum Gasteiger partial charge on any atom is 0.414 e. The lowest BCUT2D eigenvalue weighted by Gasteiger charge is -2.14. The van der Waals surface area contributed by atoms with Crippen molar-refractivity contribution in [3.05, 3.63) is 42.3 Å². The highest BCUT2D eigenvalue weighted by molar-refractivity contribution is 7.80. The molecule has 1 aromatic carbocycles. The highest BCUT2D eigenvalue weighted by Crippen LogP contribution is 2.28. The van der Waals surface area contributed by atoms with Crippen molar-refractivity contribution in [3.63, 3.8) is 0 Å². The third kappa shape index (κ3) is 5.63. The number of ether oxygens (including phenoxy) is 1. The zero-order valence-electron chi connectivity index (χ0n) is 16.5. The molecule has 2 heterocycles. The summed E-state index contributed by atoms with van der Waals surface area (Å²) in [6.07, 6.45) is 0.348. The van der Waals surface area contributed by atoms with Crippen molar-refractivity contribution >= 4 is 46.7 Å². The molecule has 2 amide bonds. The summed E-state index contributed by atoms with van der Waals surface area (Å²) in [7, 11) is 0. The second-order valence-electron chi connectivity index (χ2n) is 6.62. The van der Waals surface area contributed by atoms with Crippen LogP contribution in [0.3, 0.4) is 0 Å². The Morgan fingerprint density at radius 3 is 2.77 bits per heavy atom. The lowest BCUT2D eigenvalue weighted by atomic mass is 10.1. The molecule has 31 heavy (non-hydrogen) atoms. The minimum atomic E-state index is -0.604. The van der Waals surface area contributed by atoms with Gasteiger partial charge in [0.2, 0.25) is 11.0 Å². The molecule has 1 unspecified atom stereocenters. The SMILES string of the molecule is CC(=O)NCC1CN(c2ccc(-c3ccc(NC(=S)N=C(N)N)cn3)c(F)c2)C(=O)O1. The van der Waals surface area contributed by atoms with Gasteiger partial charge in [0, 0.05) is 12.5 Å². The lowest BCUT2D eigenvalue weighted by Crippen LogP contribution is -2.33. The number of pyridine rings is 1. The van der Waals surface area contributed by atoms with Crippen molar-refractivity contribution in [2.24, 2.45) is 16.5 Å². The predicted octanol–water partition coefficient (Wildman–Crippen LogP) is 1.32. The predicted molar refractivity (Wildman–Crippen MR) is 118 cm³/mol. The van der Waals surface area contributed by atoms with Gasteiger partial charge in [-0.3, -0.25) is 14.7 Å². The molecule has 1 atom stereocenters. The van der Waals surface area contributed by atoms with E-state index in [9.17, 15) is 14.0 Å². The summed E-state index contributed by atoms with van der Waals surface area (Å²) in [5, 5.41) is 5.44. The molecular formula is C19H20FN7O3S. The molecule has 0 saturated carbocycles. The van der Waals surface area contributed by atoms with Gasteiger partial charge in [-0.1, -0.05) is 0 Å². The fraction of sp³-hybridized carbons (Fsp3) is 0.211. The van der Waals surface area contributed by atoms with E-state index in [4.69, 9.17) is 28.4 Å². The van der Waals surface area contributed by atoms with Crippen molar-refractivity contribution in [2.45, 2.75) is 13.0 Å². The third-order valence-electron chi connectivity index (χ3n) is 4.24. The second kappa shape index (κ2) is 9.34. The van der Waals surface area contributed by atoms with Crippen molar-refractivity contribution in [3.8, 4) is 11.3 Å². The maximum absolute atomic E-state index is 14.8. The van der Waals surface area contributed by atoms with Crippen molar-refractivity contribution < 1.29 is 18.7 Å². The van der Waals surface area contributed by atoms with Crippen LogP contribution < -0.4 is 27.0 Å². The summed E-state index contributed by atoms with van der Waals surface area (Å²) < 4.78 is 20.0. The van der Waals surface area contributed by atoms with Gasteiger partial charge in [0.25, 0.3) is 0 Å². The van der Waals surface area contributed by atoms with E-state index in [0.29, 0.717) is 17.1 Å². The van der Waals surface area contributed by atoms with Crippen LogP contribution >= 0.6 is 12.2 Å². The number of hydrogen-bond acceptors (Lipinski definition) is 5. The van der Waals surface area contributed by atoms with Gasteiger partial charge in [0.1, 0.15) is 11.9 Å². The summed E-state index contributed by atoms with van der Waals surface area (Å²) in [5.41, 5.74) is 12.0. The van der Waals surface area contributed by atoms with Crippen LogP contribution in [0.25, 0.3) is 11.3 Å². The highest BCUT2D eigenvalue weighted by atomic mass is 32.1. The first-order chi connectivity index (χ1) is 14.7. The minimum Gasteiger partial charge on any atom is -0.442 e. The first kappa shape index (κ1) is 21.9. The van der Waals surface area contributed by atoms with Gasteiger partial charge in [-0.05, 0) is 42.5 Å².